The topological polar surface area (TPSA) is 70.3 Å². The molecule has 0 radical (unpaired) electrons. The van der Waals surface area contributed by atoms with Crippen LogP contribution in [0.15, 0.2) is 36.4 Å². The van der Waals surface area contributed by atoms with Crippen molar-refractivity contribution in [1.82, 2.24) is 9.97 Å². The highest BCUT2D eigenvalue weighted by molar-refractivity contribution is 5.92. The minimum Gasteiger partial charge on any atom is -0.461 e. The van der Waals surface area contributed by atoms with E-state index in [1.54, 1.807) is 6.07 Å². The van der Waals surface area contributed by atoms with E-state index in [4.69, 9.17) is 15.2 Å². The van der Waals surface area contributed by atoms with Gasteiger partial charge in [0, 0.05) is 6.61 Å². The summed E-state index contributed by atoms with van der Waals surface area (Å²) in [6.45, 7) is 4.32. The van der Waals surface area contributed by atoms with Gasteiger partial charge in [-0.2, -0.15) is 0 Å². The van der Waals surface area contributed by atoms with Crippen molar-refractivity contribution < 1.29 is 9.47 Å². The largest absolute Gasteiger partial charge is 0.461 e. The first-order chi connectivity index (χ1) is 10.2. The van der Waals surface area contributed by atoms with Crippen LogP contribution in [0.1, 0.15) is 13.8 Å². The van der Waals surface area contributed by atoms with E-state index >= 15 is 0 Å². The maximum absolute atomic E-state index is 6.03. The third kappa shape index (κ3) is 2.60. The molecule has 108 valence electrons. The van der Waals surface area contributed by atoms with Gasteiger partial charge in [0.25, 0.3) is 0 Å². The van der Waals surface area contributed by atoms with Crippen molar-refractivity contribution in [3.8, 4) is 5.75 Å². The number of hydrogen-bond donors (Lipinski definition) is 1. The second kappa shape index (κ2) is 5.54. The zero-order valence-electron chi connectivity index (χ0n) is 12.0. The summed E-state index contributed by atoms with van der Waals surface area (Å²) in [4.78, 5) is 9.22. The smallest absolute Gasteiger partial charge is 0.197 e. The first-order valence-corrected chi connectivity index (χ1v) is 6.92. The molecule has 0 aliphatic carbocycles. The molecular weight excluding hydrogens is 266 g/mol. The Morgan fingerprint density at radius 1 is 1.05 bits per heavy atom. The highest BCUT2D eigenvalue weighted by Crippen LogP contribution is 2.31. The average Bonchev–Trinajstić information content (AvgIpc) is 2.49. The van der Waals surface area contributed by atoms with Crippen molar-refractivity contribution in [3.63, 3.8) is 0 Å². The molecule has 0 spiro atoms. The molecule has 0 saturated heterocycles. The number of anilines is 1. The van der Waals surface area contributed by atoms with Crippen LogP contribution in [0.4, 0.5) is 5.69 Å². The molecule has 0 aliphatic heterocycles. The van der Waals surface area contributed by atoms with Gasteiger partial charge in [-0.25, -0.2) is 9.97 Å². The molecule has 1 aromatic heterocycles. The lowest BCUT2D eigenvalue weighted by molar-refractivity contribution is -0.0602. The van der Waals surface area contributed by atoms with Gasteiger partial charge < -0.3 is 15.2 Å². The molecule has 0 saturated carbocycles. The lowest BCUT2D eigenvalue weighted by atomic mass is 10.2. The second-order valence-corrected chi connectivity index (χ2v) is 4.70. The van der Waals surface area contributed by atoms with E-state index in [2.05, 4.69) is 9.97 Å². The van der Waals surface area contributed by atoms with E-state index in [-0.39, 0.29) is 0 Å². The summed E-state index contributed by atoms with van der Waals surface area (Å²) < 4.78 is 11.2. The summed E-state index contributed by atoms with van der Waals surface area (Å²) in [7, 11) is 0. The molecule has 3 rings (SSSR count). The highest BCUT2D eigenvalue weighted by atomic mass is 16.7. The van der Waals surface area contributed by atoms with Crippen molar-refractivity contribution in [3.05, 3.63) is 36.4 Å². The number of hydrogen-bond acceptors (Lipinski definition) is 5. The van der Waals surface area contributed by atoms with Gasteiger partial charge in [-0.3, -0.25) is 0 Å². The van der Waals surface area contributed by atoms with Crippen molar-refractivity contribution >= 4 is 27.8 Å². The molecule has 2 aromatic carbocycles. The Bertz CT molecular complexity index is 789. The fraction of sp³-hybridized carbons (Fsp3) is 0.250. The highest BCUT2D eigenvalue weighted by Gasteiger charge is 2.13. The van der Waals surface area contributed by atoms with Crippen LogP contribution in [-0.4, -0.2) is 22.9 Å². The van der Waals surface area contributed by atoms with Gasteiger partial charge in [-0.15, -0.1) is 0 Å². The summed E-state index contributed by atoms with van der Waals surface area (Å²) in [5.74, 6) is 0.520. The number of ether oxygens (including phenoxy) is 2. The Hall–Kier alpha value is -2.40. The van der Waals surface area contributed by atoms with Crippen LogP contribution in [0.25, 0.3) is 22.1 Å². The predicted octanol–water partition coefficient (Wildman–Crippen LogP) is 3.13. The lowest BCUT2D eigenvalue weighted by Crippen LogP contribution is -2.17. The lowest BCUT2D eigenvalue weighted by Gasteiger charge is -2.17. The van der Waals surface area contributed by atoms with E-state index < -0.39 is 6.29 Å². The molecule has 1 atom stereocenters. The van der Waals surface area contributed by atoms with E-state index in [0.717, 1.165) is 16.6 Å². The SMILES string of the molecule is CCOC(C)Oc1c(N)ccc2nc3ccccc3nc12. The fourth-order valence-corrected chi connectivity index (χ4v) is 2.24. The Balaban J connectivity index is 2.17. The van der Waals surface area contributed by atoms with Crippen LogP contribution < -0.4 is 10.5 Å². The molecule has 1 unspecified atom stereocenters. The molecule has 21 heavy (non-hydrogen) atoms. The number of nitrogen functional groups attached to an aromatic ring is 1. The molecule has 0 bridgehead atoms. The van der Waals surface area contributed by atoms with Crippen molar-refractivity contribution in [2.45, 2.75) is 20.1 Å². The molecule has 0 fully saturated rings. The number of fused-ring (bicyclic) bond motifs is 2. The quantitative estimate of drug-likeness (QED) is 0.452. The van der Waals surface area contributed by atoms with Gasteiger partial charge in [-0.05, 0) is 38.1 Å². The van der Waals surface area contributed by atoms with Gasteiger partial charge in [-0.1, -0.05) is 12.1 Å². The van der Waals surface area contributed by atoms with Gasteiger partial charge in [0.1, 0.15) is 5.52 Å². The summed E-state index contributed by atoms with van der Waals surface area (Å²) in [6.07, 6.45) is -0.392. The van der Waals surface area contributed by atoms with Gasteiger partial charge in [0.05, 0.1) is 22.2 Å². The van der Waals surface area contributed by atoms with Crippen molar-refractivity contribution in [2.75, 3.05) is 12.3 Å². The van der Waals surface area contributed by atoms with E-state index in [0.29, 0.717) is 23.6 Å². The first-order valence-electron chi connectivity index (χ1n) is 6.92. The van der Waals surface area contributed by atoms with Crippen LogP contribution >= 0.6 is 0 Å². The molecule has 3 aromatic rings. The summed E-state index contributed by atoms with van der Waals surface area (Å²) in [5, 5.41) is 0. The maximum Gasteiger partial charge on any atom is 0.197 e. The average molecular weight is 283 g/mol. The zero-order chi connectivity index (χ0) is 14.8. The predicted molar refractivity (Wildman–Crippen MR) is 83.2 cm³/mol. The van der Waals surface area contributed by atoms with Crippen LogP contribution in [0, 0.1) is 0 Å². The third-order valence-electron chi connectivity index (χ3n) is 3.18. The maximum atomic E-state index is 6.03. The number of nitrogens with zero attached hydrogens (tertiary/aromatic N) is 2. The molecular formula is C16H17N3O2. The standard InChI is InChI=1S/C16H17N3O2/c1-3-20-10(2)21-16-11(17)8-9-14-15(16)19-13-7-5-4-6-12(13)18-14/h4-10H,3,17H2,1-2H3. The molecule has 0 aliphatic rings. The van der Waals surface area contributed by atoms with Gasteiger partial charge in [0.2, 0.25) is 0 Å². The summed E-state index contributed by atoms with van der Waals surface area (Å²) in [5.41, 5.74) is 9.61. The Labute approximate surface area is 122 Å². The van der Waals surface area contributed by atoms with Crippen molar-refractivity contribution in [2.24, 2.45) is 0 Å². The molecule has 1 heterocycles. The molecule has 5 heteroatoms. The van der Waals surface area contributed by atoms with Gasteiger partial charge >= 0.3 is 0 Å². The molecule has 2 N–H and O–H groups in total. The Kier molecular flexibility index (Phi) is 3.58. The van der Waals surface area contributed by atoms with E-state index in [9.17, 15) is 0 Å². The number of benzene rings is 2. The number of rotatable bonds is 4. The van der Waals surface area contributed by atoms with Crippen LogP contribution in [0.3, 0.4) is 0 Å². The van der Waals surface area contributed by atoms with Gasteiger partial charge in [0.15, 0.2) is 12.0 Å². The minimum atomic E-state index is -0.392. The van der Waals surface area contributed by atoms with Crippen LogP contribution in [-0.2, 0) is 4.74 Å². The second-order valence-electron chi connectivity index (χ2n) is 4.70. The molecule has 0 amide bonds. The Morgan fingerprint density at radius 2 is 1.76 bits per heavy atom. The first kappa shape index (κ1) is 13.6. The zero-order valence-corrected chi connectivity index (χ0v) is 12.0. The Morgan fingerprint density at radius 3 is 2.48 bits per heavy atom. The van der Waals surface area contributed by atoms with E-state index in [1.165, 1.54) is 0 Å². The van der Waals surface area contributed by atoms with Crippen LogP contribution in [0.5, 0.6) is 5.75 Å². The minimum absolute atomic E-state index is 0.392. The summed E-state index contributed by atoms with van der Waals surface area (Å²) in [6, 6.07) is 11.3. The van der Waals surface area contributed by atoms with Crippen LogP contribution in [0.2, 0.25) is 0 Å². The monoisotopic (exact) mass is 283 g/mol. The number of nitrogens with two attached hydrogens (primary N) is 1. The fourth-order valence-electron chi connectivity index (χ4n) is 2.24. The normalized spacial score (nSPS) is 12.7. The summed E-state index contributed by atoms with van der Waals surface area (Å²) >= 11 is 0. The third-order valence-corrected chi connectivity index (χ3v) is 3.18. The number of aromatic nitrogens is 2. The molecule has 5 nitrogen and oxygen atoms in total. The van der Waals surface area contributed by atoms with E-state index in [1.807, 2.05) is 44.2 Å². The number of para-hydroxylation sites is 2. The van der Waals surface area contributed by atoms with Crippen molar-refractivity contribution in [1.29, 1.82) is 0 Å².